The van der Waals surface area contributed by atoms with Gasteiger partial charge in [0.2, 0.25) is 0 Å². The van der Waals surface area contributed by atoms with Crippen LogP contribution in [0.3, 0.4) is 0 Å². The second-order valence-electron chi connectivity index (χ2n) is 7.33. The highest BCUT2D eigenvalue weighted by molar-refractivity contribution is 6.30. The van der Waals surface area contributed by atoms with E-state index in [1.54, 1.807) is 54.6 Å². The summed E-state index contributed by atoms with van der Waals surface area (Å²) in [5.41, 5.74) is 3.32. The quantitative estimate of drug-likeness (QED) is 0.158. The van der Waals surface area contributed by atoms with E-state index < -0.39 is 11.9 Å². The number of halogens is 1. The van der Waals surface area contributed by atoms with Gasteiger partial charge in [0.15, 0.2) is 18.1 Å². The molecule has 0 aliphatic heterocycles. The van der Waals surface area contributed by atoms with Crippen LogP contribution in [0.15, 0.2) is 90.0 Å². The number of nitrogens with zero attached hydrogens (tertiary/aromatic N) is 1. The number of fused-ring (bicyclic) bond motifs is 1. The van der Waals surface area contributed by atoms with Gasteiger partial charge in [-0.25, -0.2) is 10.2 Å². The molecule has 0 fully saturated rings. The Morgan fingerprint density at radius 2 is 1.60 bits per heavy atom. The minimum absolute atomic E-state index is 0.258. The van der Waals surface area contributed by atoms with Crippen molar-refractivity contribution >= 4 is 40.5 Å². The molecule has 8 heteroatoms. The molecule has 0 aromatic heterocycles. The largest absolute Gasteiger partial charge is 0.493 e. The lowest BCUT2D eigenvalue weighted by Crippen LogP contribution is -2.24. The average Bonchev–Trinajstić information content (AvgIpc) is 2.89. The topological polar surface area (TPSA) is 86.2 Å². The van der Waals surface area contributed by atoms with E-state index in [0.717, 1.165) is 10.8 Å². The second kappa shape index (κ2) is 11.2. The molecular weight excluding hydrogens is 468 g/mol. The fraction of sp³-hybridized carbons (Fsp3) is 0.0741. The number of rotatable bonds is 8. The standard InChI is InChI=1S/C27H21ClN2O5/c1-33-24-8-4-5-9-25(24)34-17-26(31)30-29-16-22-21-7-3-2-6-18(21)12-15-23(22)35-27(32)19-10-13-20(28)14-11-19/h2-16H,17H2,1H3,(H,30,31)/b29-16+. The van der Waals surface area contributed by atoms with Crippen LogP contribution in [0.2, 0.25) is 5.02 Å². The number of esters is 1. The first-order chi connectivity index (χ1) is 17.0. The number of amides is 1. The van der Waals surface area contributed by atoms with Gasteiger partial charge in [-0.15, -0.1) is 0 Å². The Morgan fingerprint density at radius 3 is 2.37 bits per heavy atom. The first-order valence-corrected chi connectivity index (χ1v) is 11.0. The highest BCUT2D eigenvalue weighted by Crippen LogP contribution is 2.28. The molecule has 0 aliphatic rings. The average molecular weight is 489 g/mol. The lowest BCUT2D eigenvalue weighted by atomic mass is 10.0. The Balaban J connectivity index is 1.50. The van der Waals surface area contributed by atoms with Crippen molar-refractivity contribution in [2.24, 2.45) is 5.10 Å². The van der Waals surface area contributed by atoms with E-state index in [0.29, 0.717) is 33.4 Å². The minimum Gasteiger partial charge on any atom is -0.493 e. The second-order valence-corrected chi connectivity index (χ2v) is 7.76. The smallest absolute Gasteiger partial charge is 0.343 e. The van der Waals surface area contributed by atoms with E-state index in [1.807, 2.05) is 30.3 Å². The van der Waals surface area contributed by atoms with Gasteiger partial charge in [-0.1, -0.05) is 54.1 Å². The predicted octanol–water partition coefficient (Wildman–Crippen LogP) is 5.25. The molecule has 0 saturated carbocycles. The Morgan fingerprint density at radius 1 is 0.886 bits per heavy atom. The van der Waals surface area contributed by atoms with E-state index in [4.69, 9.17) is 25.8 Å². The summed E-state index contributed by atoms with van der Waals surface area (Å²) in [6.07, 6.45) is 1.44. The molecule has 0 bridgehead atoms. The van der Waals surface area contributed by atoms with Crippen molar-refractivity contribution in [1.29, 1.82) is 0 Å². The summed E-state index contributed by atoms with van der Waals surface area (Å²) in [5, 5.41) is 6.30. The maximum Gasteiger partial charge on any atom is 0.343 e. The zero-order valence-electron chi connectivity index (χ0n) is 18.7. The summed E-state index contributed by atoms with van der Waals surface area (Å²) in [4.78, 5) is 24.9. The van der Waals surface area contributed by atoms with Gasteiger partial charge in [0.1, 0.15) is 5.75 Å². The molecule has 4 aromatic rings. The van der Waals surface area contributed by atoms with Gasteiger partial charge in [-0.3, -0.25) is 4.79 Å². The van der Waals surface area contributed by atoms with Crippen molar-refractivity contribution in [3.8, 4) is 17.2 Å². The van der Waals surface area contributed by atoms with E-state index in [-0.39, 0.29) is 6.61 Å². The minimum atomic E-state index is -0.541. The van der Waals surface area contributed by atoms with Crippen LogP contribution in [0.4, 0.5) is 0 Å². The third-order valence-electron chi connectivity index (χ3n) is 5.02. The summed E-state index contributed by atoms with van der Waals surface area (Å²) < 4.78 is 16.4. The molecule has 35 heavy (non-hydrogen) atoms. The molecule has 0 unspecified atom stereocenters. The fourth-order valence-electron chi connectivity index (χ4n) is 3.32. The molecular formula is C27H21ClN2O5. The van der Waals surface area contributed by atoms with Gasteiger partial charge in [0.05, 0.1) is 18.9 Å². The van der Waals surface area contributed by atoms with Crippen molar-refractivity contribution in [3.05, 3.63) is 101 Å². The van der Waals surface area contributed by atoms with Crippen LogP contribution in [-0.4, -0.2) is 31.8 Å². The molecule has 1 N–H and O–H groups in total. The van der Waals surface area contributed by atoms with Crippen LogP contribution in [0, 0.1) is 0 Å². The summed E-state index contributed by atoms with van der Waals surface area (Å²) >= 11 is 5.90. The van der Waals surface area contributed by atoms with Crippen molar-refractivity contribution in [2.75, 3.05) is 13.7 Å². The normalized spacial score (nSPS) is 10.8. The molecule has 0 spiro atoms. The monoisotopic (exact) mass is 488 g/mol. The van der Waals surface area contributed by atoms with Gasteiger partial charge < -0.3 is 14.2 Å². The van der Waals surface area contributed by atoms with E-state index in [9.17, 15) is 9.59 Å². The van der Waals surface area contributed by atoms with Crippen molar-refractivity contribution in [3.63, 3.8) is 0 Å². The summed E-state index contributed by atoms with van der Waals surface area (Å²) in [6, 6.07) is 24.5. The number of nitrogens with one attached hydrogen (secondary N) is 1. The molecule has 176 valence electrons. The predicted molar refractivity (Wildman–Crippen MR) is 135 cm³/mol. The lowest BCUT2D eigenvalue weighted by Gasteiger charge is -2.11. The molecule has 7 nitrogen and oxygen atoms in total. The van der Waals surface area contributed by atoms with Gasteiger partial charge in [0.25, 0.3) is 5.91 Å². The van der Waals surface area contributed by atoms with Crippen LogP contribution in [-0.2, 0) is 4.79 Å². The molecule has 0 heterocycles. The zero-order valence-corrected chi connectivity index (χ0v) is 19.5. The number of ether oxygens (including phenoxy) is 3. The summed E-state index contributed by atoms with van der Waals surface area (Å²) in [7, 11) is 1.52. The summed E-state index contributed by atoms with van der Waals surface area (Å²) in [6.45, 7) is -0.258. The van der Waals surface area contributed by atoms with Gasteiger partial charge in [0, 0.05) is 10.6 Å². The van der Waals surface area contributed by atoms with Crippen LogP contribution in [0.5, 0.6) is 17.2 Å². The first kappa shape index (κ1) is 23.8. The highest BCUT2D eigenvalue weighted by Gasteiger charge is 2.14. The Labute approximate surface area is 206 Å². The maximum absolute atomic E-state index is 12.7. The number of hydrogen-bond acceptors (Lipinski definition) is 6. The molecule has 0 atom stereocenters. The molecule has 0 aliphatic carbocycles. The van der Waals surface area contributed by atoms with Crippen molar-refractivity contribution < 1.29 is 23.8 Å². The molecule has 0 saturated heterocycles. The van der Waals surface area contributed by atoms with Crippen LogP contribution in [0.25, 0.3) is 10.8 Å². The van der Waals surface area contributed by atoms with E-state index in [1.165, 1.54) is 13.3 Å². The van der Waals surface area contributed by atoms with Crippen LogP contribution >= 0.6 is 11.6 Å². The SMILES string of the molecule is COc1ccccc1OCC(=O)N/N=C/c1c(OC(=O)c2ccc(Cl)cc2)ccc2ccccc12. The zero-order chi connectivity index (χ0) is 24.6. The number of methoxy groups -OCH3 is 1. The third kappa shape index (κ3) is 5.96. The Kier molecular flexibility index (Phi) is 7.60. The summed E-state index contributed by atoms with van der Waals surface area (Å²) in [5.74, 6) is 0.256. The number of benzene rings is 4. The molecule has 4 aromatic carbocycles. The molecule has 0 radical (unpaired) electrons. The maximum atomic E-state index is 12.7. The van der Waals surface area contributed by atoms with Gasteiger partial charge >= 0.3 is 5.97 Å². The van der Waals surface area contributed by atoms with Crippen LogP contribution in [0.1, 0.15) is 15.9 Å². The number of carbonyl (C=O) groups excluding carboxylic acids is 2. The van der Waals surface area contributed by atoms with Gasteiger partial charge in [-0.05, 0) is 53.2 Å². The third-order valence-corrected chi connectivity index (χ3v) is 5.28. The highest BCUT2D eigenvalue weighted by atomic mass is 35.5. The fourth-order valence-corrected chi connectivity index (χ4v) is 3.45. The van der Waals surface area contributed by atoms with Crippen molar-refractivity contribution in [1.82, 2.24) is 5.43 Å². The Bertz CT molecular complexity index is 1390. The first-order valence-electron chi connectivity index (χ1n) is 10.6. The van der Waals surface area contributed by atoms with Crippen molar-refractivity contribution in [2.45, 2.75) is 0 Å². The van der Waals surface area contributed by atoms with E-state index in [2.05, 4.69) is 10.5 Å². The molecule has 1 amide bonds. The van der Waals surface area contributed by atoms with Gasteiger partial charge in [-0.2, -0.15) is 5.10 Å². The number of carbonyl (C=O) groups is 2. The number of hydrogen-bond donors (Lipinski definition) is 1. The molecule has 4 rings (SSSR count). The van der Waals surface area contributed by atoms with Crippen LogP contribution < -0.4 is 19.6 Å². The van der Waals surface area contributed by atoms with E-state index >= 15 is 0 Å². The Hall–Kier alpha value is -4.36. The lowest BCUT2D eigenvalue weighted by molar-refractivity contribution is -0.123. The number of hydrazone groups is 1. The number of para-hydroxylation sites is 2.